The van der Waals surface area contributed by atoms with Gasteiger partial charge in [-0.2, -0.15) is 0 Å². The molecule has 1 aliphatic heterocycles. The lowest BCUT2D eigenvalue weighted by Gasteiger charge is -2.36. The van der Waals surface area contributed by atoms with Gasteiger partial charge in [0.2, 0.25) is 5.91 Å². The fraction of sp³-hybridized carbons (Fsp3) is 0.333. The van der Waals surface area contributed by atoms with Gasteiger partial charge in [-0.1, -0.05) is 12.1 Å². The number of nitrogens with zero attached hydrogens (tertiary/aromatic N) is 1. The van der Waals surface area contributed by atoms with Crippen LogP contribution in [0.1, 0.15) is 35.9 Å². The molecule has 0 aliphatic carbocycles. The van der Waals surface area contributed by atoms with Crippen molar-refractivity contribution in [3.05, 3.63) is 65.5 Å². The summed E-state index contributed by atoms with van der Waals surface area (Å²) in [6, 6.07) is 12.8. The smallest absolute Gasteiger partial charge is 0.241 e. The highest BCUT2D eigenvalue weighted by Gasteiger charge is 2.28. The summed E-state index contributed by atoms with van der Waals surface area (Å²) in [6.45, 7) is 5.07. The van der Waals surface area contributed by atoms with Gasteiger partial charge in [0.05, 0.1) is 18.8 Å². The molecular formula is C21H23FN2O3. The quantitative estimate of drug-likeness (QED) is 0.820. The molecule has 0 saturated carbocycles. The van der Waals surface area contributed by atoms with Crippen LogP contribution in [0.2, 0.25) is 0 Å². The third kappa shape index (κ3) is 4.78. The molecule has 2 aromatic rings. The molecule has 0 spiro atoms. The molecule has 27 heavy (non-hydrogen) atoms. The molecule has 0 aromatic heterocycles. The van der Waals surface area contributed by atoms with Crippen molar-refractivity contribution in [2.45, 2.75) is 26.0 Å². The Balaban J connectivity index is 1.61. The van der Waals surface area contributed by atoms with Crippen LogP contribution in [0.25, 0.3) is 0 Å². The Morgan fingerprint density at radius 3 is 2.44 bits per heavy atom. The molecule has 142 valence electrons. The third-order valence-corrected chi connectivity index (χ3v) is 4.83. The van der Waals surface area contributed by atoms with Crippen molar-refractivity contribution in [2.24, 2.45) is 0 Å². The van der Waals surface area contributed by atoms with Crippen molar-refractivity contribution in [3.63, 3.8) is 0 Å². The molecule has 2 aromatic carbocycles. The maximum atomic E-state index is 13.1. The van der Waals surface area contributed by atoms with Crippen LogP contribution in [0.5, 0.6) is 0 Å². The van der Waals surface area contributed by atoms with Crippen molar-refractivity contribution in [3.8, 4) is 0 Å². The molecule has 6 heteroatoms. The number of ketones is 1. The topological polar surface area (TPSA) is 58.6 Å². The Kier molecular flexibility index (Phi) is 5.98. The zero-order valence-corrected chi connectivity index (χ0v) is 15.4. The number of amides is 1. The minimum Gasteiger partial charge on any atom is -0.371 e. The standard InChI is InChI=1S/C21H23FN2O3/c1-14(21(26)23-19-9-5-16(6-10-19)15(2)25)24-11-12-27-20(13-24)17-3-7-18(22)8-4-17/h3-10,14,20H,11-13H2,1-2H3,(H,23,26). The normalized spacial score (nSPS) is 18.7. The molecule has 1 N–H and O–H groups in total. The highest BCUT2D eigenvalue weighted by molar-refractivity contribution is 5.97. The van der Waals surface area contributed by atoms with E-state index in [2.05, 4.69) is 10.2 Å². The largest absolute Gasteiger partial charge is 0.371 e. The Hall–Kier alpha value is -2.57. The minimum atomic E-state index is -0.343. The van der Waals surface area contributed by atoms with E-state index in [0.29, 0.717) is 30.9 Å². The van der Waals surface area contributed by atoms with Gasteiger partial charge in [-0.15, -0.1) is 0 Å². The van der Waals surface area contributed by atoms with Gasteiger partial charge in [0, 0.05) is 24.3 Å². The first kappa shape index (κ1) is 19.2. The summed E-state index contributed by atoms with van der Waals surface area (Å²) >= 11 is 0. The van der Waals surface area contributed by atoms with Gasteiger partial charge in [0.25, 0.3) is 0 Å². The lowest BCUT2D eigenvalue weighted by Crippen LogP contribution is -2.48. The van der Waals surface area contributed by atoms with Crippen LogP contribution < -0.4 is 5.32 Å². The molecule has 2 atom stereocenters. The number of halogens is 1. The number of Topliss-reactive ketones (excluding diaryl/α,β-unsaturated/α-hetero) is 1. The maximum Gasteiger partial charge on any atom is 0.241 e. The molecule has 1 aliphatic rings. The van der Waals surface area contributed by atoms with Gasteiger partial charge < -0.3 is 10.1 Å². The van der Waals surface area contributed by atoms with E-state index in [4.69, 9.17) is 4.74 Å². The minimum absolute atomic E-state index is 0.0126. The zero-order valence-electron chi connectivity index (χ0n) is 15.4. The molecule has 5 nitrogen and oxygen atoms in total. The second-order valence-corrected chi connectivity index (χ2v) is 6.70. The van der Waals surface area contributed by atoms with Gasteiger partial charge in [-0.05, 0) is 55.8 Å². The number of carbonyl (C=O) groups excluding carboxylic acids is 2. The van der Waals surface area contributed by atoms with Crippen LogP contribution in [0, 0.1) is 5.82 Å². The number of hydrogen-bond acceptors (Lipinski definition) is 4. The Bertz CT molecular complexity index is 805. The van der Waals surface area contributed by atoms with Crippen molar-refractivity contribution >= 4 is 17.4 Å². The number of nitrogens with one attached hydrogen (secondary N) is 1. The summed E-state index contributed by atoms with van der Waals surface area (Å²) in [6.07, 6.45) is -0.190. The summed E-state index contributed by atoms with van der Waals surface area (Å²) in [4.78, 5) is 26.0. The van der Waals surface area contributed by atoms with Crippen LogP contribution >= 0.6 is 0 Å². The molecular weight excluding hydrogens is 347 g/mol. The number of ether oxygens (including phenoxy) is 1. The summed E-state index contributed by atoms with van der Waals surface area (Å²) in [5.74, 6) is -0.415. The van der Waals surface area contributed by atoms with Crippen molar-refractivity contribution in [1.82, 2.24) is 4.90 Å². The van der Waals surface area contributed by atoms with Gasteiger partial charge >= 0.3 is 0 Å². The summed E-state index contributed by atoms with van der Waals surface area (Å²) < 4.78 is 18.9. The first-order chi connectivity index (χ1) is 12.9. The molecule has 1 heterocycles. The molecule has 3 rings (SSSR count). The average molecular weight is 370 g/mol. The molecule has 0 bridgehead atoms. The van der Waals surface area contributed by atoms with Crippen LogP contribution in [0.4, 0.5) is 10.1 Å². The number of morpholine rings is 1. The third-order valence-electron chi connectivity index (χ3n) is 4.83. The number of hydrogen-bond donors (Lipinski definition) is 1. The second kappa shape index (κ2) is 8.41. The lowest BCUT2D eigenvalue weighted by molar-refractivity contribution is -0.124. The van der Waals surface area contributed by atoms with Crippen LogP contribution in [0.3, 0.4) is 0 Å². The van der Waals surface area contributed by atoms with E-state index >= 15 is 0 Å². The molecule has 1 fully saturated rings. The Labute approximate surface area is 158 Å². The van der Waals surface area contributed by atoms with Gasteiger partial charge in [0.1, 0.15) is 5.82 Å². The fourth-order valence-electron chi connectivity index (χ4n) is 3.10. The lowest BCUT2D eigenvalue weighted by atomic mass is 10.1. The van der Waals surface area contributed by atoms with E-state index < -0.39 is 0 Å². The number of anilines is 1. The number of carbonyl (C=O) groups is 2. The second-order valence-electron chi connectivity index (χ2n) is 6.70. The van der Waals surface area contributed by atoms with E-state index in [0.717, 1.165) is 5.56 Å². The fourth-order valence-corrected chi connectivity index (χ4v) is 3.10. The van der Waals surface area contributed by atoms with Crippen molar-refractivity contribution < 1.29 is 18.7 Å². The van der Waals surface area contributed by atoms with Crippen LogP contribution in [0.15, 0.2) is 48.5 Å². The highest BCUT2D eigenvalue weighted by Crippen LogP contribution is 2.24. The highest BCUT2D eigenvalue weighted by atomic mass is 19.1. The van der Waals surface area contributed by atoms with E-state index in [1.54, 1.807) is 36.4 Å². The van der Waals surface area contributed by atoms with E-state index in [9.17, 15) is 14.0 Å². The Morgan fingerprint density at radius 1 is 1.15 bits per heavy atom. The zero-order chi connectivity index (χ0) is 19.4. The summed E-state index contributed by atoms with van der Waals surface area (Å²) in [5.41, 5.74) is 2.16. The number of benzene rings is 2. The SMILES string of the molecule is CC(=O)c1ccc(NC(=O)C(C)N2CCOC(c3ccc(F)cc3)C2)cc1. The van der Waals surface area contributed by atoms with Crippen LogP contribution in [-0.4, -0.2) is 42.3 Å². The van der Waals surface area contributed by atoms with Crippen LogP contribution in [-0.2, 0) is 9.53 Å². The van der Waals surface area contributed by atoms with E-state index in [-0.39, 0.29) is 29.7 Å². The first-order valence-electron chi connectivity index (χ1n) is 8.97. The van der Waals surface area contributed by atoms with Gasteiger partial charge in [-0.25, -0.2) is 4.39 Å². The molecule has 2 unspecified atom stereocenters. The molecule has 1 saturated heterocycles. The van der Waals surface area contributed by atoms with Crippen molar-refractivity contribution in [2.75, 3.05) is 25.0 Å². The predicted molar refractivity (Wildman–Crippen MR) is 101 cm³/mol. The maximum absolute atomic E-state index is 13.1. The van der Waals surface area contributed by atoms with E-state index in [1.165, 1.54) is 19.1 Å². The van der Waals surface area contributed by atoms with Gasteiger partial charge in [0.15, 0.2) is 5.78 Å². The van der Waals surface area contributed by atoms with E-state index in [1.807, 2.05) is 6.92 Å². The average Bonchev–Trinajstić information content (AvgIpc) is 2.68. The Morgan fingerprint density at radius 2 is 1.81 bits per heavy atom. The summed E-state index contributed by atoms with van der Waals surface area (Å²) in [5, 5.41) is 2.88. The molecule has 1 amide bonds. The first-order valence-corrected chi connectivity index (χ1v) is 8.97. The predicted octanol–water partition coefficient (Wildman–Crippen LogP) is 3.43. The monoisotopic (exact) mass is 370 g/mol. The summed E-state index contributed by atoms with van der Waals surface area (Å²) in [7, 11) is 0. The molecule has 0 radical (unpaired) electrons. The van der Waals surface area contributed by atoms with Crippen molar-refractivity contribution in [1.29, 1.82) is 0 Å². The van der Waals surface area contributed by atoms with Gasteiger partial charge in [-0.3, -0.25) is 14.5 Å². The number of rotatable bonds is 5.